The van der Waals surface area contributed by atoms with Crippen molar-refractivity contribution in [2.45, 2.75) is 19.8 Å². The van der Waals surface area contributed by atoms with Gasteiger partial charge in [-0.25, -0.2) is 0 Å². The molecule has 85 valence electrons. The summed E-state index contributed by atoms with van der Waals surface area (Å²) in [6.45, 7) is 5.00. The van der Waals surface area contributed by atoms with Gasteiger partial charge in [0.15, 0.2) is 0 Å². The highest BCUT2D eigenvalue weighted by molar-refractivity contribution is 5.88. The van der Waals surface area contributed by atoms with Gasteiger partial charge in [-0.15, -0.1) is 0 Å². The third kappa shape index (κ3) is 4.13. The second-order valence-electron chi connectivity index (χ2n) is 3.28. The lowest BCUT2D eigenvalue weighted by Gasteiger charge is -2.05. The topological polar surface area (TPSA) is 55.4 Å². The average Bonchev–Trinajstić information content (AvgIpc) is 2.20. The van der Waals surface area contributed by atoms with Gasteiger partial charge in [0.25, 0.3) is 0 Å². The summed E-state index contributed by atoms with van der Waals surface area (Å²) in [5.74, 6) is 0.0247. The Bertz CT molecular complexity index is 370. The fourth-order valence-electron chi connectivity index (χ4n) is 1.14. The van der Waals surface area contributed by atoms with Gasteiger partial charge in [0, 0.05) is 19.0 Å². The second-order valence-corrected chi connectivity index (χ2v) is 3.28. The van der Waals surface area contributed by atoms with Crippen LogP contribution in [-0.4, -0.2) is 11.9 Å². The molecule has 0 aliphatic rings. The van der Waals surface area contributed by atoms with E-state index in [2.05, 4.69) is 12.2 Å². The molecule has 4 heteroatoms. The van der Waals surface area contributed by atoms with Gasteiger partial charge in [-0.1, -0.05) is 6.92 Å². The van der Waals surface area contributed by atoms with Crippen molar-refractivity contribution >= 4 is 17.6 Å². The zero-order chi connectivity index (χ0) is 12.0. The maximum Gasteiger partial charge on any atom is 0.311 e. The quantitative estimate of drug-likeness (QED) is 0.625. The monoisotopic (exact) mass is 220 g/mol. The molecule has 0 saturated carbocycles. The van der Waals surface area contributed by atoms with Crippen LogP contribution in [-0.2, 0) is 9.59 Å². The smallest absolute Gasteiger partial charge is 0.311 e. The fraction of sp³-hybridized carbons (Fsp3) is 0.250. The third-order valence-electron chi connectivity index (χ3n) is 1.79. The summed E-state index contributed by atoms with van der Waals surface area (Å²) in [4.78, 5) is 21.9. The average molecular weight is 220 g/mol. The number of carbonyl (C=O) groups excluding carboxylic acids is 2. The summed E-state index contributed by atoms with van der Waals surface area (Å²) in [5.41, 5.74) is 0.671. The highest BCUT2D eigenvalue weighted by atomic mass is 16.5. The van der Waals surface area contributed by atoms with Crippen LogP contribution in [0.1, 0.15) is 19.8 Å². The minimum absolute atomic E-state index is 0.137. The second kappa shape index (κ2) is 5.90. The number of esters is 1. The molecule has 0 aliphatic carbocycles. The molecule has 1 N–H and O–H groups in total. The molecule has 0 atom stereocenters. The lowest BCUT2D eigenvalue weighted by atomic mass is 10.3. The van der Waals surface area contributed by atoms with E-state index in [1.165, 1.54) is 6.92 Å². The Hall–Kier alpha value is -1.84. The third-order valence-corrected chi connectivity index (χ3v) is 1.79. The van der Waals surface area contributed by atoms with Crippen molar-refractivity contribution in [1.29, 1.82) is 0 Å². The first-order chi connectivity index (χ1) is 7.61. The maximum absolute atomic E-state index is 11.1. The van der Waals surface area contributed by atoms with Gasteiger partial charge in [-0.3, -0.25) is 9.59 Å². The van der Waals surface area contributed by atoms with Crippen LogP contribution in [0.5, 0.6) is 5.75 Å². The van der Waals surface area contributed by atoms with Gasteiger partial charge in [0.1, 0.15) is 5.75 Å². The number of hydrogen-bond acceptors (Lipinski definition) is 3. The van der Waals surface area contributed by atoms with Crippen molar-refractivity contribution < 1.29 is 14.3 Å². The molecule has 0 fully saturated rings. The molecule has 0 bridgehead atoms. The minimum atomic E-state index is -0.303. The molecule has 0 heterocycles. The van der Waals surface area contributed by atoms with Crippen LogP contribution in [0.4, 0.5) is 5.69 Å². The van der Waals surface area contributed by atoms with Gasteiger partial charge >= 0.3 is 5.97 Å². The zero-order valence-electron chi connectivity index (χ0n) is 9.16. The first-order valence-corrected chi connectivity index (χ1v) is 4.99. The standard InChI is InChI=1S/C12H14NO3/c1-3-4-12(15)16-11-7-5-10(6-8-11)13-9(2)14/h5-8H,1,3-4H2,2H3,(H,13,14). The van der Waals surface area contributed by atoms with E-state index < -0.39 is 0 Å². The van der Waals surface area contributed by atoms with Crippen molar-refractivity contribution in [3.63, 3.8) is 0 Å². The molecule has 0 aromatic heterocycles. The summed E-state index contributed by atoms with van der Waals surface area (Å²) in [7, 11) is 0. The Balaban J connectivity index is 2.57. The molecular weight excluding hydrogens is 206 g/mol. The molecule has 0 unspecified atom stereocenters. The molecule has 4 nitrogen and oxygen atoms in total. The largest absolute Gasteiger partial charge is 0.427 e. The summed E-state index contributed by atoms with van der Waals surface area (Å²) in [5, 5.41) is 2.62. The van der Waals surface area contributed by atoms with E-state index in [-0.39, 0.29) is 11.9 Å². The number of hydrogen-bond donors (Lipinski definition) is 1. The van der Waals surface area contributed by atoms with Gasteiger partial charge in [0.05, 0.1) is 0 Å². The summed E-state index contributed by atoms with van der Waals surface area (Å²) >= 11 is 0. The Kier molecular flexibility index (Phi) is 4.51. The van der Waals surface area contributed by atoms with E-state index in [0.29, 0.717) is 24.3 Å². The molecule has 0 saturated heterocycles. The van der Waals surface area contributed by atoms with E-state index in [4.69, 9.17) is 4.74 Å². The first-order valence-electron chi connectivity index (χ1n) is 4.99. The molecule has 0 aliphatic heterocycles. The van der Waals surface area contributed by atoms with E-state index >= 15 is 0 Å². The highest BCUT2D eigenvalue weighted by Gasteiger charge is 2.03. The summed E-state index contributed by atoms with van der Waals surface area (Å²) in [6.07, 6.45) is 0.816. The molecule has 1 rings (SSSR count). The van der Waals surface area contributed by atoms with Crippen LogP contribution < -0.4 is 10.1 Å². The van der Waals surface area contributed by atoms with Crippen LogP contribution in [0.25, 0.3) is 0 Å². The van der Waals surface area contributed by atoms with Crippen molar-refractivity contribution in [2.75, 3.05) is 5.32 Å². The number of amides is 1. The lowest BCUT2D eigenvalue weighted by molar-refractivity contribution is -0.134. The van der Waals surface area contributed by atoms with Crippen LogP contribution in [0.3, 0.4) is 0 Å². The Morgan fingerprint density at radius 1 is 1.31 bits per heavy atom. The Morgan fingerprint density at radius 2 is 1.94 bits per heavy atom. The van der Waals surface area contributed by atoms with E-state index in [9.17, 15) is 9.59 Å². The Labute approximate surface area is 94.6 Å². The minimum Gasteiger partial charge on any atom is -0.427 e. The predicted molar refractivity (Wildman–Crippen MR) is 61.0 cm³/mol. The molecule has 0 spiro atoms. The lowest BCUT2D eigenvalue weighted by Crippen LogP contribution is -2.08. The maximum atomic E-state index is 11.1. The van der Waals surface area contributed by atoms with Gasteiger partial charge in [0.2, 0.25) is 5.91 Å². The first kappa shape index (κ1) is 12.2. The van der Waals surface area contributed by atoms with Crippen LogP contribution >= 0.6 is 0 Å². The number of anilines is 1. The molecule has 1 aromatic carbocycles. The summed E-state index contributed by atoms with van der Waals surface area (Å²) in [6, 6.07) is 6.61. The van der Waals surface area contributed by atoms with Crippen LogP contribution in [0, 0.1) is 6.92 Å². The number of rotatable bonds is 4. The van der Waals surface area contributed by atoms with Gasteiger partial charge in [-0.2, -0.15) is 0 Å². The molecule has 1 aromatic rings. The van der Waals surface area contributed by atoms with Gasteiger partial charge in [-0.05, 0) is 30.7 Å². The number of carbonyl (C=O) groups is 2. The number of ether oxygens (including phenoxy) is 1. The molecular formula is C12H14NO3. The SMILES string of the molecule is [CH2]CCC(=O)Oc1ccc(NC(C)=O)cc1. The fourth-order valence-corrected chi connectivity index (χ4v) is 1.14. The molecule has 16 heavy (non-hydrogen) atoms. The van der Waals surface area contributed by atoms with E-state index in [1.54, 1.807) is 24.3 Å². The van der Waals surface area contributed by atoms with E-state index in [1.807, 2.05) is 0 Å². The van der Waals surface area contributed by atoms with Crippen molar-refractivity contribution in [3.05, 3.63) is 31.2 Å². The molecule has 1 amide bonds. The van der Waals surface area contributed by atoms with Crippen LogP contribution in [0.2, 0.25) is 0 Å². The number of benzene rings is 1. The zero-order valence-corrected chi connectivity index (χ0v) is 9.16. The van der Waals surface area contributed by atoms with Crippen molar-refractivity contribution in [1.82, 2.24) is 0 Å². The highest BCUT2D eigenvalue weighted by Crippen LogP contribution is 2.16. The van der Waals surface area contributed by atoms with Crippen molar-refractivity contribution in [2.24, 2.45) is 0 Å². The van der Waals surface area contributed by atoms with E-state index in [0.717, 1.165) is 0 Å². The molecule has 1 radical (unpaired) electrons. The Morgan fingerprint density at radius 3 is 2.44 bits per heavy atom. The van der Waals surface area contributed by atoms with Crippen molar-refractivity contribution in [3.8, 4) is 5.75 Å². The summed E-state index contributed by atoms with van der Waals surface area (Å²) < 4.78 is 5.02. The van der Waals surface area contributed by atoms with Crippen LogP contribution in [0.15, 0.2) is 24.3 Å². The predicted octanol–water partition coefficient (Wildman–Crippen LogP) is 2.16. The number of nitrogens with one attached hydrogen (secondary N) is 1. The van der Waals surface area contributed by atoms with Gasteiger partial charge < -0.3 is 10.1 Å². The normalized spacial score (nSPS) is 9.62.